The van der Waals surface area contributed by atoms with E-state index in [1.807, 2.05) is 37.3 Å². The molecule has 1 aliphatic heterocycles. The third-order valence-corrected chi connectivity index (χ3v) is 3.73. The van der Waals surface area contributed by atoms with Gasteiger partial charge in [0.25, 0.3) is 0 Å². The summed E-state index contributed by atoms with van der Waals surface area (Å²) >= 11 is 0. The Labute approximate surface area is 134 Å². The number of nitrogens with two attached hydrogens (primary N) is 1. The van der Waals surface area contributed by atoms with Crippen molar-refractivity contribution in [3.63, 3.8) is 0 Å². The summed E-state index contributed by atoms with van der Waals surface area (Å²) in [5, 5.41) is 11.6. The summed E-state index contributed by atoms with van der Waals surface area (Å²) in [6.07, 6.45) is 0. The fraction of sp³-hybridized carbons (Fsp3) is 0.167. The second-order valence-corrected chi connectivity index (χ2v) is 5.14. The standard InChI is InChI=1S/C18H17NO4/c1-2-22-12-8-9-13-14(10-12)23-17(19)16(18(20)21)15(13)11-6-4-3-5-7-11/h3-10,15H,2,19H2,1H3,(H,20,21)/p-1/t15-/m0/s1. The van der Waals surface area contributed by atoms with Crippen LogP contribution in [-0.2, 0) is 4.79 Å². The molecule has 0 aliphatic carbocycles. The highest BCUT2D eigenvalue weighted by Gasteiger charge is 2.31. The molecule has 1 aliphatic rings. The van der Waals surface area contributed by atoms with Crippen LogP contribution in [0.15, 0.2) is 60.0 Å². The van der Waals surface area contributed by atoms with E-state index in [2.05, 4.69) is 0 Å². The van der Waals surface area contributed by atoms with Crippen molar-refractivity contribution in [1.82, 2.24) is 0 Å². The topological polar surface area (TPSA) is 84.6 Å². The molecule has 2 aromatic carbocycles. The monoisotopic (exact) mass is 310 g/mol. The van der Waals surface area contributed by atoms with Gasteiger partial charge in [-0.1, -0.05) is 36.4 Å². The smallest absolute Gasteiger partial charge is 0.196 e. The van der Waals surface area contributed by atoms with Gasteiger partial charge in [0.1, 0.15) is 11.5 Å². The number of hydrogen-bond acceptors (Lipinski definition) is 5. The maximum atomic E-state index is 11.6. The Morgan fingerprint density at radius 3 is 2.65 bits per heavy atom. The molecule has 1 heterocycles. The number of carbonyl (C=O) groups excluding carboxylic acids is 1. The second kappa shape index (κ2) is 6.04. The lowest BCUT2D eigenvalue weighted by Crippen LogP contribution is -2.34. The molecule has 0 unspecified atom stereocenters. The number of rotatable bonds is 4. The number of carbonyl (C=O) groups is 1. The fourth-order valence-corrected chi connectivity index (χ4v) is 2.78. The fourth-order valence-electron chi connectivity index (χ4n) is 2.78. The van der Waals surface area contributed by atoms with Gasteiger partial charge in [-0.3, -0.25) is 0 Å². The number of benzene rings is 2. The lowest BCUT2D eigenvalue weighted by molar-refractivity contribution is -0.299. The Hall–Kier alpha value is -2.95. The number of hydrogen-bond donors (Lipinski definition) is 1. The minimum atomic E-state index is -1.34. The van der Waals surface area contributed by atoms with Crippen LogP contribution >= 0.6 is 0 Å². The normalized spacial score (nSPS) is 16.5. The predicted molar refractivity (Wildman–Crippen MR) is 82.7 cm³/mol. The van der Waals surface area contributed by atoms with E-state index in [1.165, 1.54) is 0 Å². The molecule has 0 saturated carbocycles. The molecule has 0 saturated heterocycles. The van der Waals surface area contributed by atoms with Crippen LogP contribution in [0.2, 0.25) is 0 Å². The summed E-state index contributed by atoms with van der Waals surface area (Å²) in [7, 11) is 0. The molecule has 0 amide bonds. The average Bonchev–Trinajstić information content (AvgIpc) is 2.54. The molecule has 3 rings (SSSR count). The van der Waals surface area contributed by atoms with Gasteiger partial charge in [0, 0.05) is 23.1 Å². The molecule has 5 nitrogen and oxygen atoms in total. The van der Waals surface area contributed by atoms with Crippen LogP contribution in [-0.4, -0.2) is 12.6 Å². The Balaban J connectivity index is 2.16. The number of carboxylic acid groups (broad SMARTS) is 1. The molecule has 0 fully saturated rings. The van der Waals surface area contributed by atoms with E-state index in [-0.39, 0.29) is 11.5 Å². The van der Waals surface area contributed by atoms with Crippen molar-refractivity contribution in [2.24, 2.45) is 5.73 Å². The van der Waals surface area contributed by atoms with Crippen LogP contribution in [0.25, 0.3) is 0 Å². The quantitative estimate of drug-likeness (QED) is 0.925. The third-order valence-electron chi connectivity index (χ3n) is 3.73. The molecule has 5 heteroatoms. The first-order valence-electron chi connectivity index (χ1n) is 7.32. The van der Waals surface area contributed by atoms with Crippen LogP contribution in [0.4, 0.5) is 0 Å². The minimum absolute atomic E-state index is 0.0622. The Kier molecular flexibility index (Phi) is 3.93. The first-order valence-corrected chi connectivity index (χ1v) is 7.32. The van der Waals surface area contributed by atoms with E-state index in [9.17, 15) is 9.90 Å². The minimum Gasteiger partial charge on any atom is -0.545 e. The number of fused-ring (bicyclic) bond motifs is 1. The average molecular weight is 310 g/mol. The highest BCUT2D eigenvalue weighted by molar-refractivity contribution is 5.89. The maximum absolute atomic E-state index is 11.6. The van der Waals surface area contributed by atoms with Crippen LogP contribution < -0.4 is 20.3 Å². The molecule has 0 spiro atoms. The lowest BCUT2D eigenvalue weighted by Gasteiger charge is -2.30. The molecule has 0 radical (unpaired) electrons. The first kappa shape index (κ1) is 15.0. The van der Waals surface area contributed by atoms with Crippen LogP contribution in [0.1, 0.15) is 24.0 Å². The zero-order valence-electron chi connectivity index (χ0n) is 12.6. The number of ether oxygens (including phenoxy) is 2. The van der Waals surface area contributed by atoms with Crippen LogP contribution in [0.5, 0.6) is 11.5 Å². The van der Waals surface area contributed by atoms with E-state index in [0.29, 0.717) is 23.7 Å². The van der Waals surface area contributed by atoms with Gasteiger partial charge in [-0.25, -0.2) is 0 Å². The summed E-state index contributed by atoms with van der Waals surface area (Å²) in [6.45, 7) is 2.41. The largest absolute Gasteiger partial charge is 0.545 e. The van der Waals surface area contributed by atoms with Crippen molar-refractivity contribution in [2.75, 3.05) is 6.61 Å². The van der Waals surface area contributed by atoms with Gasteiger partial charge in [0.15, 0.2) is 5.88 Å². The molecule has 1 atom stereocenters. The van der Waals surface area contributed by atoms with Gasteiger partial charge in [0.2, 0.25) is 0 Å². The summed E-state index contributed by atoms with van der Waals surface area (Å²) in [5.74, 6) is -0.897. The summed E-state index contributed by atoms with van der Waals surface area (Å²) < 4.78 is 11.0. The van der Waals surface area contributed by atoms with E-state index in [4.69, 9.17) is 15.2 Å². The van der Waals surface area contributed by atoms with Gasteiger partial charge in [-0.05, 0) is 18.6 Å². The van der Waals surface area contributed by atoms with E-state index < -0.39 is 11.9 Å². The van der Waals surface area contributed by atoms with Gasteiger partial charge in [-0.15, -0.1) is 0 Å². The Morgan fingerprint density at radius 2 is 2.00 bits per heavy atom. The predicted octanol–water partition coefficient (Wildman–Crippen LogP) is 1.53. The molecule has 118 valence electrons. The van der Waals surface area contributed by atoms with E-state index in [1.54, 1.807) is 18.2 Å². The second-order valence-electron chi connectivity index (χ2n) is 5.14. The van der Waals surface area contributed by atoms with Gasteiger partial charge < -0.3 is 25.1 Å². The van der Waals surface area contributed by atoms with Crippen LogP contribution in [0, 0.1) is 0 Å². The van der Waals surface area contributed by atoms with Gasteiger partial charge in [0.05, 0.1) is 12.6 Å². The molecular weight excluding hydrogens is 294 g/mol. The van der Waals surface area contributed by atoms with E-state index >= 15 is 0 Å². The molecule has 0 aromatic heterocycles. The van der Waals surface area contributed by atoms with Crippen molar-refractivity contribution in [1.29, 1.82) is 0 Å². The number of aliphatic carboxylic acids is 1. The zero-order valence-corrected chi connectivity index (χ0v) is 12.6. The molecular formula is C18H16NO4-. The molecule has 2 aromatic rings. The Morgan fingerprint density at radius 1 is 1.26 bits per heavy atom. The van der Waals surface area contributed by atoms with Crippen molar-refractivity contribution < 1.29 is 19.4 Å². The summed E-state index contributed by atoms with van der Waals surface area (Å²) in [4.78, 5) is 11.6. The van der Waals surface area contributed by atoms with Crippen LogP contribution in [0.3, 0.4) is 0 Å². The molecule has 2 N–H and O–H groups in total. The van der Waals surface area contributed by atoms with Crippen molar-refractivity contribution in [2.45, 2.75) is 12.8 Å². The summed E-state index contributed by atoms with van der Waals surface area (Å²) in [5.41, 5.74) is 7.30. The van der Waals surface area contributed by atoms with Crippen molar-refractivity contribution in [3.8, 4) is 11.5 Å². The third kappa shape index (κ3) is 2.73. The lowest BCUT2D eigenvalue weighted by atomic mass is 9.83. The van der Waals surface area contributed by atoms with Crippen molar-refractivity contribution >= 4 is 5.97 Å². The van der Waals surface area contributed by atoms with E-state index in [0.717, 1.165) is 5.56 Å². The first-order chi connectivity index (χ1) is 11.1. The molecule has 0 bridgehead atoms. The zero-order chi connectivity index (χ0) is 16.4. The maximum Gasteiger partial charge on any atom is 0.196 e. The summed E-state index contributed by atoms with van der Waals surface area (Å²) in [6, 6.07) is 14.6. The van der Waals surface area contributed by atoms with Crippen molar-refractivity contribution in [3.05, 3.63) is 71.1 Å². The van der Waals surface area contributed by atoms with Gasteiger partial charge in [-0.2, -0.15) is 0 Å². The highest BCUT2D eigenvalue weighted by atomic mass is 16.5. The van der Waals surface area contributed by atoms with Gasteiger partial charge >= 0.3 is 0 Å². The SMILES string of the molecule is CCOc1ccc2c(c1)OC(N)=C(C(=O)[O-])[C@H]2c1ccccc1. The number of carboxylic acids is 1. The Bertz CT molecular complexity index is 768. The highest BCUT2D eigenvalue weighted by Crippen LogP contribution is 2.43. The molecule has 23 heavy (non-hydrogen) atoms.